The van der Waals surface area contributed by atoms with Crippen LogP contribution in [0.3, 0.4) is 0 Å². The molecule has 0 radical (unpaired) electrons. The van der Waals surface area contributed by atoms with Gasteiger partial charge in [0.25, 0.3) is 0 Å². The smallest absolute Gasteiger partial charge is 0.311 e. The lowest BCUT2D eigenvalue weighted by atomic mass is 10.0. The molecule has 0 aliphatic carbocycles. The third-order valence-corrected chi connectivity index (χ3v) is 5.77. The van der Waals surface area contributed by atoms with Gasteiger partial charge in [0, 0.05) is 11.9 Å². The summed E-state index contributed by atoms with van der Waals surface area (Å²) in [5.74, 6) is -5.27. The first-order valence-corrected chi connectivity index (χ1v) is 11.2. The summed E-state index contributed by atoms with van der Waals surface area (Å²) in [6.45, 7) is 9.63. The number of nitrogens with zero attached hydrogens (tertiary/aromatic N) is 1. The second-order valence-corrected chi connectivity index (χ2v) is 8.86. The number of unbranched alkanes of at least 4 members (excludes halogenated alkanes) is 7. The molecule has 3 unspecified atom stereocenters. The van der Waals surface area contributed by atoms with Crippen molar-refractivity contribution in [2.75, 3.05) is 26.2 Å². The lowest BCUT2D eigenvalue weighted by molar-refractivity contribution is -0.934. The average Bonchev–Trinajstić information content (AvgIpc) is 2.66. The normalized spacial score (nSPS) is 16.2. The standard InChI is InChI=1S/C23H41NO6/c1-5-6-7-8-9-10-11-12-13-14-24(15-18(2)21(25)26,16-19(3)22(27)28)17-20(4)23(29)30/h5,18-20H,1,6-17H2,2-4H3,(H2-,25,26,27,28,29,30). The summed E-state index contributed by atoms with van der Waals surface area (Å²) in [6, 6.07) is 0. The van der Waals surface area contributed by atoms with Crippen LogP contribution in [-0.4, -0.2) is 58.8 Å². The zero-order valence-electron chi connectivity index (χ0n) is 19.0. The molecule has 0 aliphatic heterocycles. The Morgan fingerprint density at radius 3 is 1.60 bits per heavy atom. The number of carbonyl (C=O) groups excluding carboxylic acids is 1. The second kappa shape index (κ2) is 15.0. The number of quaternary nitrogens is 1. The van der Waals surface area contributed by atoms with E-state index < -0.39 is 35.7 Å². The fourth-order valence-electron chi connectivity index (χ4n) is 4.09. The Morgan fingerprint density at radius 2 is 1.20 bits per heavy atom. The van der Waals surface area contributed by atoms with Crippen molar-refractivity contribution in [2.24, 2.45) is 17.8 Å². The van der Waals surface area contributed by atoms with Gasteiger partial charge in [-0.25, -0.2) is 0 Å². The highest BCUT2D eigenvalue weighted by atomic mass is 16.4. The van der Waals surface area contributed by atoms with Gasteiger partial charge in [0.1, 0.15) is 11.8 Å². The molecule has 30 heavy (non-hydrogen) atoms. The van der Waals surface area contributed by atoms with Crippen molar-refractivity contribution in [3.05, 3.63) is 12.7 Å². The molecule has 0 aromatic rings. The van der Waals surface area contributed by atoms with E-state index in [1.807, 2.05) is 6.08 Å². The van der Waals surface area contributed by atoms with E-state index in [1.165, 1.54) is 12.8 Å². The molecule has 0 rings (SSSR count). The first-order chi connectivity index (χ1) is 14.0. The molecule has 0 saturated heterocycles. The molecule has 174 valence electrons. The van der Waals surface area contributed by atoms with Crippen LogP contribution in [0.25, 0.3) is 0 Å². The fourth-order valence-corrected chi connectivity index (χ4v) is 4.09. The molecule has 0 fully saturated rings. The van der Waals surface area contributed by atoms with Crippen LogP contribution in [-0.2, 0) is 14.4 Å². The maximum absolute atomic E-state index is 11.5. The minimum Gasteiger partial charge on any atom is -0.550 e. The zero-order valence-corrected chi connectivity index (χ0v) is 19.0. The lowest BCUT2D eigenvalue weighted by Gasteiger charge is -2.43. The van der Waals surface area contributed by atoms with Crippen molar-refractivity contribution in [1.82, 2.24) is 0 Å². The number of hydrogen-bond acceptors (Lipinski definition) is 4. The van der Waals surface area contributed by atoms with Crippen LogP contribution in [0.5, 0.6) is 0 Å². The van der Waals surface area contributed by atoms with Gasteiger partial charge in [-0.15, -0.1) is 6.58 Å². The van der Waals surface area contributed by atoms with Crippen LogP contribution in [0.4, 0.5) is 0 Å². The summed E-state index contributed by atoms with van der Waals surface area (Å²) < 4.78 is 0.176. The Labute approximate surface area is 181 Å². The van der Waals surface area contributed by atoms with E-state index in [0.29, 0.717) is 6.54 Å². The number of allylic oxidation sites excluding steroid dienone is 1. The van der Waals surface area contributed by atoms with Gasteiger partial charge < -0.3 is 24.6 Å². The fraction of sp³-hybridized carbons (Fsp3) is 0.783. The van der Waals surface area contributed by atoms with Gasteiger partial charge in [-0.2, -0.15) is 0 Å². The van der Waals surface area contributed by atoms with Crippen molar-refractivity contribution in [1.29, 1.82) is 0 Å². The maximum Gasteiger partial charge on any atom is 0.311 e. The van der Waals surface area contributed by atoms with E-state index in [2.05, 4.69) is 6.58 Å². The summed E-state index contributed by atoms with van der Waals surface area (Å²) in [5.41, 5.74) is 0. The van der Waals surface area contributed by atoms with Gasteiger partial charge in [0.05, 0.1) is 26.2 Å². The number of carboxylic acid groups (broad SMARTS) is 3. The van der Waals surface area contributed by atoms with Crippen molar-refractivity contribution >= 4 is 17.9 Å². The quantitative estimate of drug-likeness (QED) is 0.186. The van der Waals surface area contributed by atoms with E-state index in [0.717, 1.165) is 38.5 Å². The van der Waals surface area contributed by atoms with Gasteiger partial charge in [-0.05, 0) is 39.5 Å². The van der Waals surface area contributed by atoms with E-state index in [9.17, 15) is 29.7 Å². The van der Waals surface area contributed by atoms with Crippen LogP contribution in [0.1, 0.15) is 72.1 Å². The van der Waals surface area contributed by atoms with Gasteiger partial charge in [-0.3, -0.25) is 9.59 Å². The Hall–Kier alpha value is -1.89. The monoisotopic (exact) mass is 427 g/mol. The predicted octanol–water partition coefficient (Wildman–Crippen LogP) is 2.94. The number of aliphatic carboxylic acids is 3. The highest BCUT2D eigenvalue weighted by Crippen LogP contribution is 2.22. The van der Waals surface area contributed by atoms with Gasteiger partial charge in [-0.1, -0.05) is 38.7 Å². The first-order valence-electron chi connectivity index (χ1n) is 11.2. The van der Waals surface area contributed by atoms with Crippen LogP contribution in [0, 0.1) is 17.8 Å². The Kier molecular flexibility index (Phi) is 14.0. The van der Waals surface area contributed by atoms with Gasteiger partial charge >= 0.3 is 11.9 Å². The van der Waals surface area contributed by atoms with E-state index in [4.69, 9.17) is 0 Å². The molecule has 0 spiro atoms. The summed E-state index contributed by atoms with van der Waals surface area (Å²) >= 11 is 0. The molecule has 2 N–H and O–H groups in total. The molecule has 0 amide bonds. The summed E-state index contributed by atoms with van der Waals surface area (Å²) in [6.07, 6.45) is 10.4. The molecular weight excluding hydrogens is 386 g/mol. The van der Waals surface area contributed by atoms with Crippen LogP contribution in [0.2, 0.25) is 0 Å². The van der Waals surface area contributed by atoms with E-state index in [1.54, 1.807) is 20.8 Å². The molecule has 0 saturated carbocycles. The van der Waals surface area contributed by atoms with E-state index >= 15 is 0 Å². The maximum atomic E-state index is 11.5. The number of hydrogen-bond donors (Lipinski definition) is 2. The first kappa shape index (κ1) is 28.1. The van der Waals surface area contributed by atoms with Crippen molar-refractivity contribution < 1.29 is 34.2 Å². The molecule has 0 aromatic heterocycles. The lowest BCUT2D eigenvalue weighted by Crippen LogP contribution is -2.58. The summed E-state index contributed by atoms with van der Waals surface area (Å²) in [4.78, 5) is 34.3. The van der Waals surface area contributed by atoms with Crippen molar-refractivity contribution in [3.63, 3.8) is 0 Å². The molecule has 0 bridgehead atoms. The molecule has 7 heteroatoms. The number of carbonyl (C=O) groups is 3. The molecule has 0 heterocycles. The highest BCUT2D eigenvalue weighted by Gasteiger charge is 2.36. The minimum absolute atomic E-state index is 0.176. The summed E-state index contributed by atoms with van der Waals surface area (Å²) in [5, 5.41) is 30.2. The third kappa shape index (κ3) is 12.0. The Balaban J connectivity index is 5.09. The number of carboxylic acids is 3. The van der Waals surface area contributed by atoms with Gasteiger partial charge in [0.15, 0.2) is 0 Å². The summed E-state index contributed by atoms with van der Waals surface area (Å²) in [7, 11) is 0. The topological polar surface area (TPSA) is 115 Å². The van der Waals surface area contributed by atoms with Gasteiger partial charge in [0.2, 0.25) is 0 Å². The zero-order chi connectivity index (χ0) is 23.2. The van der Waals surface area contributed by atoms with Crippen molar-refractivity contribution in [3.8, 4) is 0 Å². The Morgan fingerprint density at radius 1 is 0.800 bits per heavy atom. The van der Waals surface area contributed by atoms with Crippen LogP contribution in [0.15, 0.2) is 12.7 Å². The van der Waals surface area contributed by atoms with Crippen LogP contribution >= 0.6 is 0 Å². The largest absolute Gasteiger partial charge is 0.550 e. The molecule has 3 atom stereocenters. The minimum atomic E-state index is -1.19. The molecule has 7 nitrogen and oxygen atoms in total. The highest BCUT2D eigenvalue weighted by molar-refractivity contribution is 5.70. The van der Waals surface area contributed by atoms with E-state index in [-0.39, 0.29) is 24.1 Å². The molecule has 0 aliphatic rings. The third-order valence-electron chi connectivity index (χ3n) is 5.77. The van der Waals surface area contributed by atoms with Crippen LogP contribution < -0.4 is 5.11 Å². The molecular formula is C23H41NO6. The second-order valence-electron chi connectivity index (χ2n) is 8.86. The molecule has 0 aromatic carbocycles. The predicted molar refractivity (Wildman–Crippen MR) is 115 cm³/mol. The average molecular weight is 428 g/mol. The Bertz CT molecular complexity index is 493. The SMILES string of the molecule is C=CCCCCCCCCC[N+](CC(C)C(=O)[O-])(CC(C)C(=O)O)CC(C)C(=O)O. The number of rotatable bonds is 19. The van der Waals surface area contributed by atoms with Crippen molar-refractivity contribution in [2.45, 2.75) is 72.1 Å².